The van der Waals surface area contributed by atoms with E-state index in [2.05, 4.69) is 47.5 Å². The Balaban J connectivity index is 1.14. The summed E-state index contributed by atoms with van der Waals surface area (Å²) in [6.07, 6.45) is -5.09. The molecule has 7 heterocycles. The zero-order chi connectivity index (χ0) is 34.2. The van der Waals surface area contributed by atoms with Crippen molar-refractivity contribution in [3.05, 3.63) is 29.3 Å². The Kier molecular flexibility index (Phi) is 8.68. The second-order valence-electron chi connectivity index (χ2n) is 12.3. The number of ether oxygens (including phenoxy) is 2. The molecule has 48 heavy (non-hydrogen) atoms. The van der Waals surface area contributed by atoms with Crippen LogP contribution in [0.1, 0.15) is 39.6 Å². The van der Waals surface area contributed by atoms with Crippen LogP contribution < -0.4 is 16.6 Å². The highest BCUT2D eigenvalue weighted by atomic mass is 32.7. The first-order valence-corrected chi connectivity index (χ1v) is 19.8. The zero-order valence-corrected chi connectivity index (χ0v) is 28.9. The van der Waals surface area contributed by atoms with Crippen molar-refractivity contribution in [3.63, 3.8) is 0 Å². The van der Waals surface area contributed by atoms with Crippen LogP contribution in [0.4, 0.5) is 16.2 Å². The third-order valence-electron chi connectivity index (χ3n) is 7.67. The summed E-state index contributed by atoms with van der Waals surface area (Å²) in [5.41, 5.74) is 5.67. The molecule has 3 unspecified atom stereocenters. The van der Waals surface area contributed by atoms with Gasteiger partial charge in [0.05, 0.1) is 32.0 Å². The summed E-state index contributed by atoms with van der Waals surface area (Å²) < 4.78 is 67.1. The van der Waals surface area contributed by atoms with Crippen molar-refractivity contribution < 1.29 is 41.4 Å². The number of aromatic amines is 1. The maximum absolute atomic E-state index is 16.1. The summed E-state index contributed by atoms with van der Waals surface area (Å²) in [5.74, 6) is 0.297. The molecular formula is C24H31FN10O9P2S2. The number of nitrogen functional groups attached to an aromatic ring is 1. The smallest absolute Gasteiger partial charge is 0.382 e. The van der Waals surface area contributed by atoms with E-state index in [4.69, 9.17) is 45.1 Å². The number of nitrogens with one attached hydrogen (secondary N) is 2. The lowest BCUT2D eigenvalue weighted by Gasteiger charge is -2.28. The van der Waals surface area contributed by atoms with Gasteiger partial charge in [-0.05, 0) is 32.6 Å². The summed E-state index contributed by atoms with van der Waals surface area (Å²) in [5, 5.41) is 3.12. The van der Waals surface area contributed by atoms with E-state index < -0.39 is 80.9 Å². The van der Waals surface area contributed by atoms with Gasteiger partial charge in [-0.2, -0.15) is 4.98 Å². The van der Waals surface area contributed by atoms with Crippen LogP contribution in [0.3, 0.4) is 0 Å². The van der Waals surface area contributed by atoms with E-state index in [1.54, 1.807) is 0 Å². The number of nitrogens with zero attached hydrogens (tertiary/aromatic N) is 7. The van der Waals surface area contributed by atoms with Crippen molar-refractivity contribution in [2.45, 2.75) is 75.8 Å². The first kappa shape index (κ1) is 33.9. The van der Waals surface area contributed by atoms with Gasteiger partial charge in [0.15, 0.2) is 35.0 Å². The van der Waals surface area contributed by atoms with Gasteiger partial charge >= 0.3 is 13.5 Å². The number of thiol groups is 1. The molecule has 4 aromatic rings. The molecule has 5 N–H and O–H groups in total. The van der Waals surface area contributed by atoms with Gasteiger partial charge in [0, 0.05) is 12.0 Å². The highest BCUT2D eigenvalue weighted by molar-refractivity contribution is 8.44. The molecule has 0 amide bonds. The fourth-order valence-corrected chi connectivity index (χ4v) is 8.60. The second-order valence-corrected chi connectivity index (χ2v) is 18.0. The molecule has 0 aromatic carbocycles. The van der Waals surface area contributed by atoms with Gasteiger partial charge in [0.1, 0.15) is 36.4 Å². The molecule has 3 aliphatic rings. The summed E-state index contributed by atoms with van der Waals surface area (Å²) >= 11 is 9.40. The van der Waals surface area contributed by atoms with Crippen molar-refractivity contribution >= 4 is 71.7 Å². The molecule has 4 aromatic heterocycles. The number of nitrogens with two attached hydrogens (primary N) is 1. The van der Waals surface area contributed by atoms with E-state index in [0.717, 1.165) is 0 Å². The van der Waals surface area contributed by atoms with E-state index in [-0.39, 0.29) is 40.5 Å². The van der Waals surface area contributed by atoms with Crippen LogP contribution in [0.25, 0.3) is 22.3 Å². The first-order chi connectivity index (χ1) is 22.6. The highest BCUT2D eigenvalue weighted by Crippen LogP contribution is 2.58. The number of hydrogen-bond acceptors (Lipinski definition) is 16. The van der Waals surface area contributed by atoms with Gasteiger partial charge in [-0.15, -0.1) is 0 Å². The number of rotatable bonds is 3. The van der Waals surface area contributed by atoms with E-state index >= 15 is 4.39 Å². The van der Waals surface area contributed by atoms with E-state index in [0.29, 0.717) is 0 Å². The lowest BCUT2D eigenvalue weighted by atomic mass is 10.1. The third kappa shape index (κ3) is 6.63. The lowest BCUT2D eigenvalue weighted by molar-refractivity contribution is -0.0561. The molecule has 260 valence electrons. The number of alkyl halides is 1. The fraction of sp³-hybridized carbons (Fsp3) is 0.583. The minimum atomic E-state index is -4.29. The molecule has 3 saturated heterocycles. The molecule has 0 bridgehead atoms. The molecule has 3 fully saturated rings. The van der Waals surface area contributed by atoms with Crippen LogP contribution in [0.5, 0.6) is 0 Å². The van der Waals surface area contributed by atoms with Crippen molar-refractivity contribution in [3.8, 4) is 0 Å². The number of imidazole rings is 2. The van der Waals surface area contributed by atoms with E-state index in [9.17, 15) is 14.3 Å². The molecule has 0 aliphatic carbocycles. The monoisotopic (exact) mass is 748 g/mol. The van der Waals surface area contributed by atoms with Crippen molar-refractivity contribution in [1.82, 2.24) is 39.0 Å². The van der Waals surface area contributed by atoms with Crippen molar-refractivity contribution in [1.29, 1.82) is 0 Å². The van der Waals surface area contributed by atoms with Gasteiger partial charge in [0.25, 0.3) is 5.56 Å². The Morgan fingerprint density at radius 2 is 1.79 bits per heavy atom. The fourth-order valence-electron chi connectivity index (χ4n) is 5.64. The maximum Gasteiger partial charge on any atom is 0.386 e. The molecule has 9 atom stereocenters. The molecule has 0 spiro atoms. The Morgan fingerprint density at radius 1 is 1.06 bits per heavy atom. The van der Waals surface area contributed by atoms with Gasteiger partial charge in [-0.25, -0.2) is 28.9 Å². The molecule has 19 nitrogen and oxygen atoms in total. The zero-order valence-electron chi connectivity index (χ0n) is 25.4. The first-order valence-electron chi connectivity index (χ1n) is 14.5. The number of anilines is 2. The molecular weight excluding hydrogens is 717 g/mol. The Hall–Kier alpha value is -2.62. The van der Waals surface area contributed by atoms with Crippen LogP contribution in [-0.2, 0) is 43.9 Å². The van der Waals surface area contributed by atoms with Crippen LogP contribution in [0, 0.1) is 0 Å². The van der Waals surface area contributed by atoms with E-state index in [1.807, 2.05) is 20.8 Å². The second kappa shape index (κ2) is 12.3. The van der Waals surface area contributed by atoms with Crippen molar-refractivity contribution in [2.75, 3.05) is 24.3 Å². The Labute approximate surface area is 281 Å². The van der Waals surface area contributed by atoms with Crippen LogP contribution in [0.15, 0.2) is 23.8 Å². The Bertz CT molecular complexity index is 2030. The number of halogens is 1. The third-order valence-corrected chi connectivity index (χ3v) is 10.9. The lowest BCUT2D eigenvalue weighted by Crippen LogP contribution is -2.35. The average Bonchev–Trinajstić information content (AvgIpc) is 3.75. The summed E-state index contributed by atoms with van der Waals surface area (Å²) in [6, 6.07) is 0. The standard InChI is InChI=1S/C24H31FN10O9P2S2/c1-24(2,3)33-23-31-20-16(21(36)32-23)30-8-34(20)13-4-10-11(41-13)5-39-46(38,48)44-17-12(6-40-45(37,47)43-10)42-22(14(17)25)35-9-29-15-18(26)27-7-28-19(15)35/h7-14,17,22H,4-6H2,1-3H3,(H,37,47)(H,38,48)(H2,26,27,28)(H2,31,32,33,36)/t10-,11?,12+,13+,14+,17+,22+,45?,46?/m0/s1. The minimum Gasteiger partial charge on any atom is -0.382 e. The minimum absolute atomic E-state index is 0.0614. The van der Waals surface area contributed by atoms with Gasteiger partial charge in [0.2, 0.25) is 5.95 Å². The van der Waals surface area contributed by atoms with Gasteiger partial charge in [-0.1, -0.05) is 12.2 Å². The normalized spacial score (nSPS) is 34.8. The Morgan fingerprint density at radius 3 is 2.56 bits per heavy atom. The number of fused-ring (bicyclic) bond motifs is 4. The van der Waals surface area contributed by atoms with Crippen LogP contribution in [-0.4, -0.2) is 93.3 Å². The summed E-state index contributed by atoms with van der Waals surface area (Å²) in [7, 11) is 0. The van der Waals surface area contributed by atoms with Crippen molar-refractivity contribution in [2.24, 2.45) is 0 Å². The van der Waals surface area contributed by atoms with Crippen LogP contribution in [0.2, 0.25) is 0 Å². The van der Waals surface area contributed by atoms with Gasteiger partial charge in [-0.3, -0.25) is 28.0 Å². The average molecular weight is 749 g/mol. The number of aromatic nitrogens is 8. The summed E-state index contributed by atoms with van der Waals surface area (Å²) in [6.45, 7) is -3.56. The SMILES string of the molecule is CC(C)(C)Nc1nc2c(ncn2[C@H]2C[C@@H]3OP(O)(=S)OC[C@H]4O[C@@H](n5cnc6c(N)ncnc65)[C@H](F)[C@@H]4OP(=O)(S)OCC3O2)c(=O)[nH]1. The quantitative estimate of drug-likeness (QED) is 0.149. The maximum atomic E-state index is 16.1. The molecule has 0 saturated carbocycles. The molecule has 24 heteroatoms. The van der Waals surface area contributed by atoms with Gasteiger partial charge < -0.3 is 34.5 Å². The van der Waals surface area contributed by atoms with E-state index in [1.165, 1.54) is 28.1 Å². The molecule has 3 aliphatic heterocycles. The number of hydrogen-bond donors (Lipinski definition) is 5. The molecule has 0 radical (unpaired) electrons. The summed E-state index contributed by atoms with van der Waals surface area (Å²) in [4.78, 5) is 47.3. The van der Waals surface area contributed by atoms with Crippen LogP contribution >= 0.6 is 25.8 Å². The molecule has 7 rings (SSSR count). The largest absolute Gasteiger partial charge is 0.386 e. The highest BCUT2D eigenvalue weighted by Gasteiger charge is 2.52. The predicted molar refractivity (Wildman–Crippen MR) is 173 cm³/mol. The number of H-pyrrole nitrogens is 1. The topological polar surface area (TPSA) is 238 Å². The predicted octanol–water partition coefficient (Wildman–Crippen LogP) is 2.35.